The molecule has 3 rings (SSSR count). The first-order valence-corrected chi connectivity index (χ1v) is 7.22. The molecule has 0 radical (unpaired) electrons. The first-order chi connectivity index (χ1) is 9.63. The Morgan fingerprint density at radius 3 is 2.90 bits per heavy atom. The molecular weight excluding hydrogens is 252 g/mol. The van der Waals surface area contributed by atoms with E-state index in [1.54, 1.807) is 0 Å². The van der Waals surface area contributed by atoms with Gasteiger partial charge in [0.05, 0.1) is 12.1 Å². The van der Waals surface area contributed by atoms with Crippen LogP contribution < -0.4 is 5.32 Å². The van der Waals surface area contributed by atoms with Gasteiger partial charge in [-0.25, -0.2) is 0 Å². The van der Waals surface area contributed by atoms with Gasteiger partial charge in [-0.15, -0.1) is 0 Å². The second kappa shape index (κ2) is 5.29. The van der Waals surface area contributed by atoms with Crippen molar-refractivity contribution in [2.45, 2.75) is 44.8 Å². The maximum absolute atomic E-state index is 12.3. The Morgan fingerprint density at radius 2 is 2.10 bits per heavy atom. The van der Waals surface area contributed by atoms with Gasteiger partial charge in [0.15, 0.2) is 0 Å². The number of aromatic amines is 1. The maximum Gasteiger partial charge on any atom is 0.268 e. The number of aliphatic hydroxyl groups excluding tert-OH is 1. The summed E-state index contributed by atoms with van der Waals surface area (Å²) in [6.45, 7) is 2.03. The molecule has 4 nitrogen and oxygen atoms in total. The van der Waals surface area contributed by atoms with E-state index in [0.717, 1.165) is 42.1 Å². The smallest absolute Gasteiger partial charge is 0.268 e. The lowest BCUT2D eigenvalue weighted by atomic mass is 9.92. The molecule has 1 fully saturated rings. The Balaban J connectivity index is 1.78. The third kappa shape index (κ3) is 2.56. The summed E-state index contributed by atoms with van der Waals surface area (Å²) in [4.78, 5) is 15.4. The highest BCUT2D eigenvalue weighted by Gasteiger charge is 2.25. The molecule has 20 heavy (non-hydrogen) atoms. The maximum atomic E-state index is 12.3. The minimum Gasteiger partial charge on any atom is -0.391 e. The van der Waals surface area contributed by atoms with Crippen molar-refractivity contribution in [3.8, 4) is 0 Å². The van der Waals surface area contributed by atoms with Gasteiger partial charge < -0.3 is 15.4 Å². The molecule has 0 bridgehead atoms. The van der Waals surface area contributed by atoms with Gasteiger partial charge in [0.2, 0.25) is 0 Å². The predicted octanol–water partition coefficient (Wildman–Crippen LogP) is 2.51. The number of fused-ring (bicyclic) bond motifs is 1. The van der Waals surface area contributed by atoms with Crippen molar-refractivity contribution in [2.75, 3.05) is 0 Å². The minimum absolute atomic E-state index is 0.121. The Bertz CT molecular complexity index is 632. The lowest BCUT2D eigenvalue weighted by molar-refractivity contribution is 0.0714. The lowest BCUT2D eigenvalue weighted by Crippen LogP contribution is -2.45. The number of H-pyrrole nitrogens is 1. The average Bonchev–Trinajstić information content (AvgIpc) is 2.84. The van der Waals surface area contributed by atoms with Crippen LogP contribution in [0.2, 0.25) is 0 Å². The Hall–Kier alpha value is -1.81. The Kier molecular flexibility index (Phi) is 3.49. The van der Waals surface area contributed by atoms with E-state index in [2.05, 4.69) is 10.3 Å². The number of aryl methyl sites for hydroxylation is 1. The van der Waals surface area contributed by atoms with Gasteiger partial charge in [-0.2, -0.15) is 0 Å². The molecule has 106 valence electrons. The number of aromatic nitrogens is 1. The van der Waals surface area contributed by atoms with Crippen LogP contribution in [0.1, 0.15) is 41.7 Å². The number of carbonyl (C=O) groups is 1. The SMILES string of the molecule is Cc1ccc2cc(C(=O)NC3CCCCC3O)[nH]c2c1. The molecule has 3 N–H and O–H groups in total. The van der Waals surface area contributed by atoms with E-state index in [0.29, 0.717) is 5.69 Å². The topological polar surface area (TPSA) is 65.1 Å². The third-order valence-corrected chi connectivity index (χ3v) is 4.07. The summed E-state index contributed by atoms with van der Waals surface area (Å²) in [6, 6.07) is 7.81. The molecule has 1 aliphatic rings. The molecule has 4 heteroatoms. The number of nitrogens with one attached hydrogen (secondary N) is 2. The van der Waals surface area contributed by atoms with Crippen molar-refractivity contribution in [3.05, 3.63) is 35.5 Å². The van der Waals surface area contributed by atoms with Crippen LogP contribution in [-0.2, 0) is 0 Å². The van der Waals surface area contributed by atoms with E-state index in [-0.39, 0.29) is 11.9 Å². The zero-order chi connectivity index (χ0) is 14.1. The van der Waals surface area contributed by atoms with Crippen LogP contribution in [0.15, 0.2) is 24.3 Å². The van der Waals surface area contributed by atoms with Gasteiger partial charge in [0.1, 0.15) is 5.69 Å². The molecular formula is C16H20N2O2. The number of aliphatic hydroxyl groups is 1. The summed E-state index contributed by atoms with van der Waals surface area (Å²) in [5.41, 5.74) is 2.69. The summed E-state index contributed by atoms with van der Waals surface area (Å²) < 4.78 is 0. The van der Waals surface area contributed by atoms with Crippen molar-refractivity contribution in [1.82, 2.24) is 10.3 Å². The number of hydrogen-bond acceptors (Lipinski definition) is 2. The van der Waals surface area contributed by atoms with E-state index >= 15 is 0 Å². The molecule has 0 spiro atoms. The first-order valence-electron chi connectivity index (χ1n) is 7.22. The molecule has 2 aromatic rings. The van der Waals surface area contributed by atoms with Gasteiger partial charge in [-0.1, -0.05) is 25.0 Å². The molecule has 1 aromatic heterocycles. The van der Waals surface area contributed by atoms with Crippen molar-refractivity contribution in [3.63, 3.8) is 0 Å². The van der Waals surface area contributed by atoms with Crippen LogP contribution in [0.4, 0.5) is 0 Å². The van der Waals surface area contributed by atoms with E-state index in [4.69, 9.17) is 0 Å². The fraction of sp³-hybridized carbons (Fsp3) is 0.438. The van der Waals surface area contributed by atoms with Crippen LogP contribution in [0, 0.1) is 6.92 Å². The largest absolute Gasteiger partial charge is 0.391 e. The van der Waals surface area contributed by atoms with Crippen molar-refractivity contribution < 1.29 is 9.90 Å². The van der Waals surface area contributed by atoms with Crippen LogP contribution in [-0.4, -0.2) is 28.1 Å². The van der Waals surface area contributed by atoms with E-state index < -0.39 is 6.10 Å². The number of rotatable bonds is 2. The molecule has 1 aliphatic carbocycles. The zero-order valence-corrected chi connectivity index (χ0v) is 11.6. The Morgan fingerprint density at radius 1 is 1.30 bits per heavy atom. The predicted molar refractivity (Wildman–Crippen MR) is 78.8 cm³/mol. The highest BCUT2D eigenvalue weighted by Crippen LogP contribution is 2.20. The minimum atomic E-state index is -0.417. The summed E-state index contributed by atoms with van der Waals surface area (Å²) in [5, 5.41) is 13.9. The summed E-state index contributed by atoms with van der Waals surface area (Å²) in [5.74, 6) is -0.134. The quantitative estimate of drug-likeness (QED) is 0.786. The molecule has 2 atom stereocenters. The second-order valence-corrected chi connectivity index (χ2v) is 5.71. The lowest BCUT2D eigenvalue weighted by Gasteiger charge is -2.28. The summed E-state index contributed by atoms with van der Waals surface area (Å²) in [6.07, 6.45) is 3.32. The molecule has 0 saturated heterocycles. The summed E-state index contributed by atoms with van der Waals surface area (Å²) >= 11 is 0. The normalized spacial score (nSPS) is 22.9. The van der Waals surface area contributed by atoms with Gasteiger partial charge in [0.25, 0.3) is 5.91 Å². The fourth-order valence-electron chi connectivity index (χ4n) is 2.89. The monoisotopic (exact) mass is 272 g/mol. The van der Waals surface area contributed by atoms with Gasteiger partial charge in [0, 0.05) is 10.9 Å². The molecule has 2 unspecified atom stereocenters. The zero-order valence-electron chi connectivity index (χ0n) is 11.6. The Labute approximate surface area is 118 Å². The molecule has 1 aromatic carbocycles. The van der Waals surface area contributed by atoms with Gasteiger partial charge in [-0.05, 0) is 37.5 Å². The standard InChI is InChI=1S/C16H20N2O2/c1-10-6-7-11-9-14(17-13(11)8-10)16(20)18-12-4-2-3-5-15(12)19/h6-9,12,15,17,19H,2-5H2,1H3,(H,18,20). The average molecular weight is 272 g/mol. The number of benzene rings is 1. The summed E-state index contributed by atoms with van der Waals surface area (Å²) in [7, 11) is 0. The highest BCUT2D eigenvalue weighted by molar-refractivity contribution is 5.98. The van der Waals surface area contributed by atoms with Crippen molar-refractivity contribution in [1.29, 1.82) is 0 Å². The highest BCUT2D eigenvalue weighted by atomic mass is 16.3. The van der Waals surface area contributed by atoms with Gasteiger partial charge in [-0.3, -0.25) is 4.79 Å². The van der Waals surface area contributed by atoms with E-state index in [9.17, 15) is 9.90 Å². The van der Waals surface area contributed by atoms with Crippen LogP contribution in [0.5, 0.6) is 0 Å². The van der Waals surface area contributed by atoms with Crippen LogP contribution >= 0.6 is 0 Å². The second-order valence-electron chi connectivity index (χ2n) is 5.71. The van der Waals surface area contributed by atoms with E-state index in [1.165, 1.54) is 0 Å². The van der Waals surface area contributed by atoms with Crippen LogP contribution in [0.3, 0.4) is 0 Å². The molecule has 1 heterocycles. The number of hydrogen-bond donors (Lipinski definition) is 3. The fourth-order valence-corrected chi connectivity index (χ4v) is 2.89. The first kappa shape index (κ1) is 13.2. The molecule has 1 saturated carbocycles. The van der Waals surface area contributed by atoms with Crippen molar-refractivity contribution in [2.24, 2.45) is 0 Å². The van der Waals surface area contributed by atoms with E-state index in [1.807, 2.05) is 31.2 Å². The number of amides is 1. The van der Waals surface area contributed by atoms with Gasteiger partial charge >= 0.3 is 0 Å². The van der Waals surface area contributed by atoms with Crippen molar-refractivity contribution >= 4 is 16.8 Å². The molecule has 0 aliphatic heterocycles. The molecule has 1 amide bonds. The number of carbonyl (C=O) groups excluding carboxylic acids is 1. The third-order valence-electron chi connectivity index (χ3n) is 4.07. The van der Waals surface area contributed by atoms with Crippen LogP contribution in [0.25, 0.3) is 10.9 Å².